The van der Waals surface area contributed by atoms with Crippen molar-refractivity contribution in [1.29, 1.82) is 0 Å². The van der Waals surface area contributed by atoms with Gasteiger partial charge in [-0.3, -0.25) is 4.72 Å². The Kier molecular flexibility index (Phi) is 5.72. The van der Waals surface area contributed by atoms with Gasteiger partial charge in [-0.2, -0.15) is 0 Å². The molecule has 3 N–H and O–H groups in total. The molecule has 0 unspecified atom stereocenters. The van der Waals surface area contributed by atoms with Crippen LogP contribution in [0.1, 0.15) is 18.2 Å². The van der Waals surface area contributed by atoms with Gasteiger partial charge in [0.2, 0.25) is 15.9 Å². The van der Waals surface area contributed by atoms with Gasteiger partial charge in [0.1, 0.15) is 11.4 Å². The molecule has 1 aromatic carbocycles. The summed E-state index contributed by atoms with van der Waals surface area (Å²) in [5.74, 6) is 0.603. The van der Waals surface area contributed by atoms with Gasteiger partial charge in [-0.05, 0) is 49.7 Å². The molecule has 0 bridgehead atoms. The summed E-state index contributed by atoms with van der Waals surface area (Å²) in [6, 6.07) is 12.0. The molecule has 3 aromatic heterocycles. The highest BCUT2D eigenvalue weighted by Gasteiger charge is 2.20. The van der Waals surface area contributed by atoms with E-state index >= 15 is 0 Å². The van der Waals surface area contributed by atoms with Crippen LogP contribution < -0.4 is 14.2 Å². The quantitative estimate of drug-likeness (QED) is 0.290. The van der Waals surface area contributed by atoms with Crippen LogP contribution in [0.3, 0.4) is 0 Å². The molecule has 3 heterocycles. The van der Waals surface area contributed by atoms with Crippen LogP contribution in [0.2, 0.25) is 0 Å². The molecule has 0 aliphatic rings. The number of hydrogen-bond donors (Lipinski definition) is 3. The Labute approximate surface area is 185 Å². The highest BCUT2D eigenvalue weighted by molar-refractivity contribution is 7.92. The molecule has 0 fully saturated rings. The SMILES string of the molecule is CCS(=O)(=O)Nc1cnc(Oc2cccc(CO)c2)c(-c2cc(C)[n+]([O-])c3[nH]ccc23)c1. The van der Waals surface area contributed by atoms with Gasteiger partial charge in [-0.25, -0.2) is 23.1 Å². The fourth-order valence-corrected chi connectivity index (χ4v) is 3.96. The van der Waals surface area contributed by atoms with Crippen molar-refractivity contribution in [2.75, 3.05) is 10.5 Å². The first-order chi connectivity index (χ1) is 15.3. The maximum Gasteiger partial charge on any atom is 0.290 e. The number of fused-ring (bicyclic) bond motifs is 1. The normalized spacial score (nSPS) is 11.6. The highest BCUT2D eigenvalue weighted by atomic mass is 32.2. The van der Waals surface area contributed by atoms with Crippen molar-refractivity contribution in [3.63, 3.8) is 0 Å². The largest absolute Gasteiger partial charge is 0.710 e. The summed E-state index contributed by atoms with van der Waals surface area (Å²) in [5, 5.41) is 22.5. The monoisotopic (exact) mass is 454 g/mol. The molecule has 0 spiro atoms. The van der Waals surface area contributed by atoms with Crippen molar-refractivity contribution < 1.29 is 23.0 Å². The molecule has 4 rings (SSSR count). The van der Waals surface area contributed by atoms with Crippen molar-refractivity contribution in [1.82, 2.24) is 9.97 Å². The molecule has 0 saturated carbocycles. The molecule has 0 aliphatic heterocycles. The second-order valence-corrected chi connectivity index (χ2v) is 9.23. The van der Waals surface area contributed by atoms with Crippen molar-refractivity contribution in [3.05, 3.63) is 71.3 Å². The van der Waals surface area contributed by atoms with Gasteiger partial charge in [-0.15, -0.1) is 0 Å². The Balaban J connectivity index is 1.89. The highest BCUT2D eigenvalue weighted by Crippen LogP contribution is 2.37. The minimum absolute atomic E-state index is 0.0861. The number of aryl methyl sites for hydroxylation is 1. The van der Waals surface area contributed by atoms with Crippen LogP contribution in [0.5, 0.6) is 11.6 Å². The van der Waals surface area contributed by atoms with E-state index in [4.69, 9.17) is 4.74 Å². The van der Waals surface area contributed by atoms with Gasteiger partial charge in [-0.1, -0.05) is 12.1 Å². The van der Waals surface area contributed by atoms with E-state index in [1.54, 1.807) is 62.5 Å². The van der Waals surface area contributed by atoms with Crippen LogP contribution >= 0.6 is 0 Å². The zero-order valence-electron chi connectivity index (χ0n) is 17.5. The summed E-state index contributed by atoms with van der Waals surface area (Å²) < 4.78 is 33.5. The van der Waals surface area contributed by atoms with E-state index in [1.807, 2.05) is 0 Å². The molecular weight excluding hydrogens is 432 g/mol. The number of aromatic amines is 1. The number of ether oxygens (including phenoxy) is 1. The van der Waals surface area contributed by atoms with Gasteiger partial charge in [0, 0.05) is 11.1 Å². The van der Waals surface area contributed by atoms with Gasteiger partial charge >= 0.3 is 0 Å². The Morgan fingerprint density at radius 1 is 1.22 bits per heavy atom. The summed E-state index contributed by atoms with van der Waals surface area (Å²) in [5.41, 5.74) is 2.93. The Morgan fingerprint density at radius 2 is 2.03 bits per heavy atom. The van der Waals surface area contributed by atoms with E-state index in [0.29, 0.717) is 39.2 Å². The number of sulfonamides is 1. The smallest absolute Gasteiger partial charge is 0.290 e. The first-order valence-electron chi connectivity index (χ1n) is 9.90. The number of nitrogens with zero attached hydrogens (tertiary/aromatic N) is 2. The predicted molar refractivity (Wildman–Crippen MR) is 121 cm³/mol. The van der Waals surface area contributed by atoms with Crippen LogP contribution in [0.4, 0.5) is 5.69 Å². The van der Waals surface area contributed by atoms with Gasteiger partial charge in [0.25, 0.3) is 5.65 Å². The maximum atomic E-state index is 12.4. The molecule has 4 aromatic rings. The van der Waals surface area contributed by atoms with E-state index in [2.05, 4.69) is 14.7 Å². The lowest BCUT2D eigenvalue weighted by molar-refractivity contribution is -0.586. The number of aliphatic hydroxyl groups excluding tert-OH is 1. The van der Waals surface area contributed by atoms with Gasteiger partial charge in [0.15, 0.2) is 0 Å². The predicted octanol–water partition coefficient (Wildman–Crippen LogP) is 3.22. The number of nitrogens with one attached hydrogen (secondary N) is 2. The van der Waals surface area contributed by atoms with Crippen molar-refractivity contribution in [2.24, 2.45) is 0 Å². The van der Waals surface area contributed by atoms with Crippen molar-refractivity contribution in [2.45, 2.75) is 20.5 Å². The van der Waals surface area contributed by atoms with E-state index < -0.39 is 10.0 Å². The first-order valence-corrected chi connectivity index (χ1v) is 11.6. The number of H-pyrrole nitrogens is 1. The van der Waals surface area contributed by atoms with E-state index in [-0.39, 0.29) is 23.9 Å². The Morgan fingerprint density at radius 3 is 2.78 bits per heavy atom. The van der Waals surface area contributed by atoms with Crippen molar-refractivity contribution in [3.8, 4) is 22.8 Å². The third-order valence-electron chi connectivity index (χ3n) is 4.98. The van der Waals surface area contributed by atoms with Crippen LogP contribution in [-0.4, -0.2) is 29.2 Å². The number of rotatable bonds is 7. The third kappa shape index (κ3) is 4.23. The Bertz CT molecular complexity index is 1400. The molecule has 0 amide bonds. The molecular formula is C22H22N4O5S. The number of aromatic nitrogens is 3. The number of anilines is 1. The second kappa shape index (κ2) is 8.48. The fourth-order valence-electron chi connectivity index (χ4n) is 3.34. The van der Waals surface area contributed by atoms with E-state index in [9.17, 15) is 18.7 Å². The topological polar surface area (TPSA) is 131 Å². The lowest BCUT2D eigenvalue weighted by Gasteiger charge is -2.15. The zero-order valence-corrected chi connectivity index (χ0v) is 18.3. The molecule has 32 heavy (non-hydrogen) atoms. The molecule has 0 saturated heterocycles. The average molecular weight is 455 g/mol. The lowest BCUT2D eigenvalue weighted by atomic mass is 10.0. The van der Waals surface area contributed by atoms with Crippen LogP contribution in [-0.2, 0) is 16.6 Å². The van der Waals surface area contributed by atoms with E-state index in [1.165, 1.54) is 6.20 Å². The summed E-state index contributed by atoms with van der Waals surface area (Å²) in [6.45, 7) is 3.08. The first kappa shape index (κ1) is 21.6. The third-order valence-corrected chi connectivity index (χ3v) is 6.29. The summed E-state index contributed by atoms with van der Waals surface area (Å²) >= 11 is 0. The number of benzene rings is 1. The van der Waals surface area contributed by atoms with Crippen LogP contribution in [0.25, 0.3) is 22.2 Å². The molecule has 9 nitrogen and oxygen atoms in total. The number of aliphatic hydroxyl groups is 1. The van der Waals surface area contributed by atoms with Gasteiger partial charge in [0.05, 0.1) is 35.8 Å². The standard InChI is InChI=1S/C22H22N4O5S/c1-3-32(29,30)25-16-11-20(19-9-14(2)26(28)21-18(19)7-8-23-21)22(24-12-16)31-17-6-4-5-15(10-17)13-27/h4-12,23,25,27H,3,13H2,1-2H3. The fraction of sp³-hybridized carbons (Fsp3) is 0.182. The average Bonchev–Trinajstić information content (AvgIpc) is 3.27. The van der Waals surface area contributed by atoms with Crippen molar-refractivity contribution >= 4 is 26.7 Å². The summed E-state index contributed by atoms with van der Waals surface area (Å²) in [4.78, 5) is 7.30. The molecule has 10 heteroatoms. The molecule has 0 atom stereocenters. The molecule has 0 aliphatic carbocycles. The summed E-state index contributed by atoms with van der Waals surface area (Å²) in [6.07, 6.45) is 3.03. The molecule has 0 radical (unpaired) electrons. The lowest BCUT2D eigenvalue weighted by Crippen LogP contribution is -2.31. The maximum absolute atomic E-state index is 12.4. The number of pyridine rings is 2. The minimum Gasteiger partial charge on any atom is -0.710 e. The second-order valence-electron chi connectivity index (χ2n) is 7.22. The number of hydrogen-bond acceptors (Lipinski definition) is 6. The van der Waals surface area contributed by atoms with Gasteiger partial charge < -0.3 is 15.1 Å². The zero-order chi connectivity index (χ0) is 22.9. The minimum atomic E-state index is -3.52. The summed E-state index contributed by atoms with van der Waals surface area (Å²) in [7, 11) is -3.52. The molecule has 166 valence electrons. The van der Waals surface area contributed by atoms with Crippen LogP contribution in [0, 0.1) is 12.1 Å². The Hall–Kier alpha value is -3.63. The van der Waals surface area contributed by atoms with Crippen LogP contribution in [0.15, 0.2) is 54.9 Å². The van der Waals surface area contributed by atoms with E-state index in [0.717, 1.165) is 4.73 Å².